The van der Waals surface area contributed by atoms with Crippen LogP contribution in [0.25, 0.3) is 22.2 Å². The molecule has 0 radical (unpaired) electrons. The van der Waals surface area contributed by atoms with Gasteiger partial charge in [-0.2, -0.15) is 0 Å². The summed E-state index contributed by atoms with van der Waals surface area (Å²) >= 11 is 6.38. The first-order chi connectivity index (χ1) is 15.5. The van der Waals surface area contributed by atoms with Crippen molar-refractivity contribution >= 4 is 50.8 Å². The van der Waals surface area contributed by atoms with Gasteiger partial charge < -0.3 is 5.32 Å². The number of rotatable bonds is 4. The monoisotopic (exact) mass is 462 g/mol. The molecule has 2 aromatic heterocycles. The van der Waals surface area contributed by atoms with Crippen molar-refractivity contribution in [3.8, 4) is 11.3 Å². The van der Waals surface area contributed by atoms with Crippen molar-refractivity contribution in [1.82, 2.24) is 9.97 Å². The summed E-state index contributed by atoms with van der Waals surface area (Å²) in [5, 5.41) is 4.19. The fraction of sp³-hybridized carbons (Fsp3) is 0.125. The Hall–Kier alpha value is -3.29. The summed E-state index contributed by atoms with van der Waals surface area (Å²) in [5.74, 6) is 0.339. The van der Waals surface area contributed by atoms with E-state index in [4.69, 9.17) is 11.6 Å². The molecular weight excluding hydrogens is 444 g/mol. The molecule has 0 saturated carbocycles. The SMILES string of the molecule is Cc1ccc(NC(=O)c2ccc(N3CCS3=O)cc2Cl)cc1-c1nccc2ncccc12. The molecule has 1 amide bonds. The van der Waals surface area contributed by atoms with Gasteiger partial charge in [0, 0.05) is 35.6 Å². The normalized spacial score (nSPS) is 15.4. The van der Waals surface area contributed by atoms with Gasteiger partial charge in [0.25, 0.3) is 5.91 Å². The van der Waals surface area contributed by atoms with Gasteiger partial charge in [-0.05, 0) is 61.0 Å². The van der Waals surface area contributed by atoms with E-state index in [1.54, 1.807) is 34.9 Å². The maximum absolute atomic E-state index is 12.9. The molecule has 1 N–H and O–H groups in total. The first-order valence-electron chi connectivity index (χ1n) is 10.1. The van der Waals surface area contributed by atoms with Crippen molar-refractivity contribution in [2.75, 3.05) is 21.9 Å². The summed E-state index contributed by atoms with van der Waals surface area (Å²) in [6, 6.07) is 16.6. The van der Waals surface area contributed by atoms with Gasteiger partial charge in [-0.15, -0.1) is 0 Å². The molecule has 2 aromatic carbocycles. The highest BCUT2D eigenvalue weighted by molar-refractivity contribution is 7.88. The summed E-state index contributed by atoms with van der Waals surface area (Å²) in [4.78, 5) is 21.9. The summed E-state index contributed by atoms with van der Waals surface area (Å²) in [6.45, 7) is 2.73. The second-order valence-electron chi connectivity index (χ2n) is 7.51. The zero-order valence-electron chi connectivity index (χ0n) is 17.2. The molecule has 0 spiro atoms. The van der Waals surface area contributed by atoms with E-state index >= 15 is 0 Å². The van der Waals surface area contributed by atoms with E-state index in [-0.39, 0.29) is 5.91 Å². The summed E-state index contributed by atoms with van der Waals surface area (Å²) in [7, 11) is -1.01. The Kier molecular flexibility index (Phi) is 5.36. The molecule has 0 aliphatic carbocycles. The Morgan fingerprint density at radius 1 is 1.09 bits per heavy atom. The zero-order valence-corrected chi connectivity index (χ0v) is 18.8. The van der Waals surface area contributed by atoms with Crippen molar-refractivity contribution in [2.45, 2.75) is 6.92 Å². The van der Waals surface area contributed by atoms with E-state index in [9.17, 15) is 9.00 Å². The molecule has 1 unspecified atom stereocenters. The Morgan fingerprint density at radius 2 is 1.97 bits per heavy atom. The molecule has 160 valence electrons. The van der Waals surface area contributed by atoms with Gasteiger partial charge in [0.05, 0.1) is 33.2 Å². The number of carbonyl (C=O) groups is 1. The van der Waals surface area contributed by atoms with Crippen molar-refractivity contribution in [1.29, 1.82) is 0 Å². The van der Waals surface area contributed by atoms with E-state index < -0.39 is 11.0 Å². The van der Waals surface area contributed by atoms with Crippen LogP contribution in [0.3, 0.4) is 0 Å². The lowest BCUT2D eigenvalue weighted by molar-refractivity contribution is 0.102. The molecule has 32 heavy (non-hydrogen) atoms. The van der Waals surface area contributed by atoms with Crippen molar-refractivity contribution in [2.24, 2.45) is 0 Å². The largest absolute Gasteiger partial charge is 0.322 e. The van der Waals surface area contributed by atoms with E-state index in [0.717, 1.165) is 40.0 Å². The number of benzene rings is 2. The second-order valence-corrected chi connectivity index (χ2v) is 9.40. The van der Waals surface area contributed by atoms with Gasteiger partial charge in [-0.25, -0.2) is 4.21 Å². The standard InChI is InChI=1S/C24H19ClN4O2S/c1-15-4-5-16(13-20(15)23-19-3-2-9-26-22(19)8-10-27-23)28-24(30)18-7-6-17(14-21(18)25)29-11-12-32(29)31/h2-10,13-14H,11-12H2,1H3,(H,28,30). The van der Waals surface area contributed by atoms with Crippen LogP contribution in [0.15, 0.2) is 67.0 Å². The number of hydrogen-bond donors (Lipinski definition) is 1. The van der Waals surface area contributed by atoms with Crippen LogP contribution >= 0.6 is 11.6 Å². The van der Waals surface area contributed by atoms with Gasteiger partial charge in [0.2, 0.25) is 0 Å². The quantitative estimate of drug-likeness (QED) is 0.463. The van der Waals surface area contributed by atoms with Crippen LogP contribution in [0.2, 0.25) is 5.02 Å². The van der Waals surface area contributed by atoms with Crippen LogP contribution in [0.1, 0.15) is 15.9 Å². The minimum atomic E-state index is -1.01. The molecule has 1 saturated heterocycles. The number of pyridine rings is 2. The zero-order chi connectivity index (χ0) is 22.2. The highest BCUT2D eigenvalue weighted by Crippen LogP contribution is 2.31. The Bertz CT molecular complexity index is 1390. The molecule has 1 aliphatic heterocycles. The van der Waals surface area contributed by atoms with Crippen molar-refractivity contribution in [3.05, 3.63) is 83.1 Å². The van der Waals surface area contributed by atoms with Crippen LogP contribution < -0.4 is 9.62 Å². The van der Waals surface area contributed by atoms with Crippen LogP contribution in [0.4, 0.5) is 11.4 Å². The number of nitrogens with zero attached hydrogens (tertiary/aromatic N) is 3. The summed E-state index contributed by atoms with van der Waals surface area (Å²) in [6.07, 6.45) is 3.49. The fourth-order valence-corrected chi connectivity index (χ4v) is 4.84. The van der Waals surface area contributed by atoms with Gasteiger partial charge in [-0.3, -0.25) is 19.1 Å². The molecule has 3 heterocycles. The average molecular weight is 463 g/mol. The lowest BCUT2D eigenvalue weighted by atomic mass is 10.0. The number of halogens is 1. The minimum Gasteiger partial charge on any atom is -0.322 e. The highest BCUT2D eigenvalue weighted by Gasteiger charge is 2.25. The molecule has 1 fully saturated rings. The molecule has 5 rings (SSSR count). The number of nitrogens with one attached hydrogen (secondary N) is 1. The molecule has 4 aromatic rings. The van der Waals surface area contributed by atoms with E-state index in [1.807, 2.05) is 43.3 Å². The number of amides is 1. The van der Waals surface area contributed by atoms with Gasteiger partial charge >= 0.3 is 0 Å². The van der Waals surface area contributed by atoms with Gasteiger partial charge in [0.15, 0.2) is 0 Å². The molecule has 1 aliphatic rings. The molecule has 0 bridgehead atoms. The lowest BCUT2D eigenvalue weighted by Gasteiger charge is -2.31. The molecule has 6 nitrogen and oxygen atoms in total. The average Bonchev–Trinajstić information content (AvgIpc) is 2.79. The van der Waals surface area contributed by atoms with Gasteiger partial charge in [-0.1, -0.05) is 17.7 Å². The molecule has 1 atom stereocenters. The topological polar surface area (TPSA) is 75.2 Å². The number of hydrogen-bond acceptors (Lipinski definition) is 4. The number of carbonyl (C=O) groups excluding carboxylic acids is 1. The second kappa shape index (κ2) is 8.33. The number of anilines is 2. The van der Waals surface area contributed by atoms with Crippen molar-refractivity contribution < 1.29 is 9.00 Å². The van der Waals surface area contributed by atoms with Crippen molar-refractivity contribution in [3.63, 3.8) is 0 Å². The fourth-order valence-electron chi connectivity index (χ4n) is 3.72. The van der Waals surface area contributed by atoms with E-state index in [2.05, 4.69) is 15.3 Å². The van der Waals surface area contributed by atoms with Gasteiger partial charge in [0.1, 0.15) is 11.0 Å². The summed E-state index contributed by atoms with van der Waals surface area (Å²) < 4.78 is 13.5. The number of aryl methyl sites for hydroxylation is 1. The van der Waals surface area contributed by atoms with Crippen LogP contribution in [0, 0.1) is 6.92 Å². The first-order valence-corrected chi connectivity index (χ1v) is 11.7. The number of aromatic nitrogens is 2. The highest BCUT2D eigenvalue weighted by atomic mass is 35.5. The predicted molar refractivity (Wildman–Crippen MR) is 129 cm³/mol. The van der Waals surface area contributed by atoms with Crippen LogP contribution in [0.5, 0.6) is 0 Å². The maximum Gasteiger partial charge on any atom is 0.257 e. The predicted octanol–water partition coefficient (Wildman–Crippen LogP) is 4.99. The Morgan fingerprint density at radius 3 is 2.72 bits per heavy atom. The third-order valence-electron chi connectivity index (χ3n) is 5.48. The molecule has 8 heteroatoms. The van der Waals surface area contributed by atoms with Crippen LogP contribution in [-0.2, 0) is 11.0 Å². The van der Waals surface area contributed by atoms with E-state index in [1.165, 1.54) is 0 Å². The minimum absolute atomic E-state index is 0.311. The Labute approximate surface area is 192 Å². The third kappa shape index (κ3) is 3.74. The lowest BCUT2D eigenvalue weighted by Crippen LogP contribution is -2.42. The van der Waals surface area contributed by atoms with E-state index in [0.29, 0.717) is 22.0 Å². The Balaban J connectivity index is 1.44. The number of fused-ring (bicyclic) bond motifs is 1. The smallest absolute Gasteiger partial charge is 0.257 e. The van der Waals surface area contributed by atoms with Crippen LogP contribution in [-0.4, -0.2) is 32.4 Å². The third-order valence-corrected chi connectivity index (χ3v) is 7.21. The first kappa shape index (κ1) is 20.6. The summed E-state index contributed by atoms with van der Waals surface area (Å²) in [5.41, 5.74) is 5.39. The molecular formula is C24H19ClN4O2S. The maximum atomic E-state index is 12.9.